The summed E-state index contributed by atoms with van der Waals surface area (Å²) in [5.74, 6) is 0.0697. The SMILES string of the molecule is CCc1ccc(NC(=O)c2nnc(COC(=O)CCc3nc(-c4ccsc4)no3)s2)cc1. The molecule has 0 saturated heterocycles. The third-order valence-corrected chi connectivity index (χ3v) is 6.01. The van der Waals surface area contributed by atoms with Crippen molar-refractivity contribution >= 4 is 40.2 Å². The van der Waals surface area contributed by atoms with Crippen LogP contribution in [0.1, 0.15) is 39.6 Å². The third-order valence-electron chi connectivity index (χ3n) is 4.43. The summed E-state index contributed by atoms with van der Waals surface area (Å²) in [5, 5.41) is 18.9. The van der Waals surface area contributed by atoms with Crippen LogP contribution >= 0.6 is 22.7 Å². The zero-order chi connectivity index (χ0) is 22.3. The van der Waals surface area contributed by atoms with Crippen molar-refractivity contribution in [2.75, 3.05) is 5.32 Å². The van der Waals surface area contributed by atoms with Gasteiger partial charge in [0.25, 0.3) is 5.91 Å². The van der Waals surface area contributed by atoms with Crippen LogP contribution in [-0.4, -0.2) is 32.2 Å². The quantitative estimate of drug-likeness (QED) is 0.363. The van der Waals surface area contributed by atoms with Crippen LogP contribution in [0.3, 0.4) is 0 Å². The standard InChI is InChI=1S/C21H19N5O4S2/c1-2-13-3-5-15(6-4-13)22-20(28)21-25-24-17(32-21)11-29-18(27)8-7-16-23-19(26-30-16)14-9-10-31-12-14/h3-6,9-10,12H,2,7-8,11H2,1H3,(H,22,28). The summed E-state index contributed by atoms with van der Waals surface area (Å²) in [6, 6.07) is 9.49. The van der Waals surface area contributed by atoms with Gasteiger partial charge >= 0.3 is 5.97 Å². The lowest BCUT2D eigenvalue weighted by Crippen LogP contribution is -2.11. The molecule has 4 aromatic rings. The van der Waals surface area contributed by atoms with Crippen molar-refractivity contribution in [1.82, 2.24) is 20.3 Å². The zero-order valence-electron chi connectivity index (χ0n) is 17.1. The second kappa shape index (κ2) is 10.2. The van der Waals surface area contributed by atoms with Gasteiger partial charge in [0.15, 0.2) is 5.01 Å². The second-order valence-electron chi connectivity index (χ2n) is 6.69. The molecule has 3 heterocycles. The predicted molar refractivity (Wildman–Crippen MR) is 119 cm³/mol. The van der Waals surface area contributed by atoms with E-state index >= 15 is 0 Å². The van der Waals surface area contributed by atoms with Crippen LogP contribution in [0.2, 0.25) is 0 Å². The van der Waals surface area contributed by atoms with Gasteiger partial charge in [-0.15, -0.1) is 10.2 Å². The van der Waals surface area contributed by atoms with Gasteiger partial charge in [-0.2, -0.15) is 16.3 Å². The van der Waals surface area contributed by atoms with Crippen molar-refractivity contribution < 1.29 is 18.8 Å². The Kier molecular flexibility index (Phi) is 6.97. The van der Waals surface area contributed by atoms with Gasteiger partial charge in [0.2, 0.25) is 16.7 Å². The number of ether oxygens (including phenoxy) is 1. The molecule has 1 aromatic carbocycles. The third kappa shape index (κ3) is 5.62. The van der Waals surface area contributed by atoms with Crippen LogP contribution in [0.5, 0.6) is 0 Å². The molecule has 164 valence electrons. The highest BCUT2D eigenvalue weighted by molar-refractivity contribution is 7.13. The van der Waals surface area contributed by atoms with E-state index in [4.69, 9.17) is 9.26 Å². The smallest absolute Gasteiger partial charge is 0.306 e. The van der Waals surface area contributed by atoms with E-state index in [0.717, 1.165) is 23.3 Å². The van der Waals surface area contributed by atoms with E-state index < -0.39 is 5.97 Å². The van der Waals surface area contributed by atoms with E-state index in [0.29, 0.717) is 22.4 Å². The number of hydrogen-bond donors (Lipinski definition) is 1. The highest BCUT2D eigenvalue weighted by Gasteiger charge is 2.15. The molecule has 0 fully saturated rings. The molecule has 0 unspecified atom stereocenters. The van der Waals surface area contributed by atoms with Crippen molar-refractivity contribution in [3.8, 4) is 11.4 Å². The Hall–Kier alpha value is -3.44. The minimum Gasteiger partial charge on any atom is -0.458 e. The normalized spacial score (nSPS) is 10.8. The van der Waals surface area contributed by atoms with Gasteiger partial charge in [-0.1, -0.05) is 35.5 Å². The summed E-state index contributed by atoms with van der Waals surface area (Å²) >= 11 is 2.62. The maximum atomic E-state index is 12.3. The van der Waals surface area contributed by atoms with Crippen molar-refractivity contribution in [2.45, 2.75) is 32.8 Å². The summed E-state index contributed by atoms with van der Waals surface area (Å²) in [5.41, 5.74) is 2.74. The Morgan fingerprint density at radius 1 is 1.16 bits per heavy atom. The van der Waals surface area contributed by atoms with Crippen molar-refractivity contribution in [3.05, 3.63) is 62.6 Å². The minimum atomic E-state index is -0.433. The van der Waals surface area contributed by atoms with Gasteiger partial charge < -0.3 is 14.6 Å². The first-order valence-corrected chi connectivity index (χ1v) is 11.6. The van der Waals surface area contributed by atoms with E-state index in [1.54, 1.807) is 11.3 Å². The number of benzene rings is 1. The molecule has 0 saturated carbocycles. The molecule has 32 heavy (non-hydrogen) atoms. The van der Waals surface area contributed by atoms with Crippen LogP contribution in [0, 0.1) is 0 Å². The molecule has 0 aliphatic heterocycles. The zero-order valence-corrected chi connectivity index (χ0v) is 18.7. The summed E-state index contributed by atoms with van der Waals surface area (Å²) in [7, 11) is 0. The molecule has 9 nitrogen and oxygen atoms in total. The fourth-order valence-corrected chi connectivity index (χ4v) is 3.98. The molecule has 0 atom stereocenters. The van der Waals surface area contributed by atoms with Crippen LogP contribution < -0.4 is 5.32 Å². The fraction of sp³-hybridized carbons (Fsp3) is 0.238. The van der Waals surface area contributed by atoms with Gasteiger partial charge in [-0.3, -0.25) is 9.59 Å². The largest absolute Gasteiger partial charge is 0.458 e. The topological polar surface area (TPSA) is 120 Å². The van der Waals surface area contributed by atoms with Crippen molar-refractivity contribution in [3.63, 3.8) is 0 Å². The van der Waals surface area contributed by atoms with E-state index in [2.05, 4.69) is 32.6 Å². The van der Waals surface area contributed by atoms with Crippen molar-refractivity contribution in [2.24, 2.45) is 0 Å². The number of aromatic nitrogens is 4. The number of aryl methyl sites for hydroxylation is 2. The molecular formula is C21H19N5O4S2. The number of rotatable bonds is 9. The van der Waals surface area contributed by atoms with Gasteiger partial charge in [0.1, 0.15) is 6.61 Å². The number of amides is 1. The average Bonchev–Trinajstić information content (AvgIpc) is 3.58. The highest BCUT2D eigenvalue weighted by atomic mass is 32.1. The first kappa shape index (κ1) is 21.8. The lowest BCUT2D eigenvalue weighted by molar-refractivity contribution is -0.145. The van der Waals surface area contributed by atoms with Gasteiger partial charge in [-0.25, -0.2) is 0 Å². The van der Waals surface area contributed by atoms with Crippen molar-refractivity contribution in [1.29, 1.82) is 0 Å². The van der Waals surface area contributed by atoms with E-state index in [-0.39, 0.29) is 30.4 Å². The average molecular weight is 470 g/mol. The number of anilines is 1. The molecule has 11 heteroatoms. The van der Waals surface area contributed by atoms with Gasteiger partial charge in [0, 0.05) is 23.1 Å². The van der Waals surface area contributed by atoms with Crippen LogP contribution in [0.4, 0.5) is 5.69 Å². The Morgan fingerprint density at radius 3 is 2.75 bits per heavy atom. The van der Waals surface area contributed by atoms with Gasteiger partial charge in [-0.05, 0) is 35.6 Å². The van der Waals surface area contributed by atoms with E-state index in [9.17, 15) is 9.59 Å². The second-order valence-corrected chi connectivity index (χ2v) is 8.53. The Balaban J connectivity index is 1.23. The number of nitrogens with one attached hydrogen (secondary N) is 1. The molecule has 0 spiro atoms. The van der Waals surface area contributed by atoms with E-state index in [1.165, 1.54) is 5.56 Å². The Bertz CT molecular complexity index is 1190. The summed E-state index contributed by atoms with van der Waals surface area (Å²) in [6.07, 6.45) is 1.29. The number of esters is 1. The lowest BCUT2D eigenvalue weighted by Gasteiger charge is -2.03. The first-order valence-electron chi connectivity index (χ1n) is 9.84. The number of nitrogens with zero attached hydrogens (tertiary/aromatic N) is 4. The molecule has 3 aromatic heterocycles. The summed E-state index contributed by atoms with van der Waals surface area (Å²) in [6.45, 7) is 2.01. The molecule has 1 amide bonds. The maximum Gasteiger partial charge on any atom is 0.306 e. The molecule has 0 bridgehead atoms. The highest BCUT2D eigenvalue weighted by Crippen LogP contribution is 2.19. The van der Waals surface area contributed by atoms with E-state index in [1.807, 2.05) is 41.1 Å². The first-order chi connectivity index (χ1) is 15.6. The summed E-state index contributed by atoms with van der Waals surface area (Å²) < 4.78 is 10.4. The number of hydrogen-bond acceptors (Lipinski definition) is 10. The van der Waals surface area contributed by atoms with Crippen LogP contribution in [-0.2, 0) is 29.0 Å². The summed E-state index contributed by atoms with van der Waals surface area (Å²) in [4.78, 5) is 28.6. The molecule has 4 rings (SSSR count). The monoisotopic (exact) mass is 469 g/mol. The molecule has 0 radical (unpaired) electrons. The molecule has 1 N–H and O–H groups in total. The Morgan fingerprint density at radius 2 is 2.00 bits per heavy atom. The number of carbonyl (C=O) groups is 2. The Labute approximate surface area is 191 Å². The fourth-order valence-electron chi connectivity index (χ4n) is 2.70. The molecular weight excluding hydrogens is 450 g/mol. The maximum absolute atomic E-state index is 12.3. The number of carbonyl (C=O) groups excluding carboxylic acids is 2. The molecule has 0 aliphatic carbocycles. The van der Waals surface area contributed by atoms with Crippen LogP contribution in [0.15, 0.2) is 45.6 Å². The van der Waals surface area contributed by atoms with Crippen LogP contribution in [0.25, 0.3) is 11.4 Å². The lowest BCUT2D eigenvalue weighted by atomic mass is 10.1. The number of thiophene rings is 1. The van der Waals surface area contributed by atoms with Gasteiger partial charge in [0.05, 0.1) is 6.42 Å². The predicted octanol–water partition coefficient (Wildman–Crippen LogP) is 4.14. The molecule has 0 aliphatic rings. The minimum absolute atomic E-state index is 0.0566.